The van der Waals surface area contributed by atoms with E-state index in [2.05, 4.69) is 28.0 Å². The third kappa shape index (κ3) is 3.33. The highest BCUT2D eigenvalue weighted by atomic mass is 16.5. The Balaban J connectivity index is 2.22. The zero-order chi connectivity index (χ0) is 14.4. The standard InChI is InChI=1S/C14H20N4O2/c1-3-4-5-6-7-11-10-15-13-12(16-11)17-14(19)18(13)8-9-20-2/h6-7,10H,3-5,8-9H2,1-2H3,(H,16,17,19)/b7-6+. The van der Waals surface area contributed by atoms with Gasteiger partial charge in [-0.25, -0.2) is 14.8 Å². The summed E-state index contributed by atoms with van der Waals surface area (Å²) in [5, 5.41) is 0. The van der Waals surface area contributed by atoms with Gasteiger partial charge in [0.05, 0.1) is 25.0 Å². The normalized spacial score (nSPS) is 11.7. The van der Waals surface area contributed by atoms with Crippen molar-refractivity contribution in [1.82, 2.24) is 19.5 Å². The topological polar surface area (TPSA) is 72.8 Å². The van der Waals surface area contributed by atoms with Crippen molar-refractivity contribution < 1.29 is 4.74 Å². The number of allylic oxidation sites excluding steroid dienone is 1. The lowest BCUT2D eigenvalue weighted by molar-refractivity contribution is 0.187. The third-order valence-electron chi connectivity index (χ3n) is 3.03. The van der Waals surface area contributed by atoms with E-state index in [1.165, 1.54) is 11.0 Å². The van der Waals surface area contributed by atoms with Gasteiger partial charge < -0.3 is 4.74 Å². The van der Waals surface area contributed by atoms with E-state index in [0.29, 0.717) is 24.4 Å². The molecule has 0 aliphatic carbocycles. The first kappa shape index (κ1) is 14.5. The number of aromatic amines is 1. The number of unbranched alkanes of at least 4 members (excludes halogenated alkanes) is 2. The number of imidazole rings is 1. The minimum Gasteiger partial charge on any atom is -0.383 e. The van der Waals surface area contributed by atoms with Crippen molar-refractivity contribution in [2.45, 2.75) is 32.7 Å². The molecule has 0 spiro atoms. The fraction of sp³-hybridized carbons (Fsp3) is 0.500. The molecule has 0 aliphatic rings. The van der Waals surface area contributed by atoms with E-state index in [9.17, 15) is 4.79 Å². The molecular formula is C14H20N4O2. The number of nitrogens with zero attached hydrogens (tertiary/aromatic N) is 3. The SMILES string of the molecule is CCCC/C=C/c1cnc2c(n1)[nH]c(=O)n2CCOC. The molecule has 6 nitrogen and oxygen atoms in total. The van der Waals surface area contributed by atoms with Crippen LogP contribution in [-0.2, 0) is 11.3 Å². The van der Waals surface area contributed by atoms with E-state index in [4.69, 9.17) is 4.74 Å². The van der Waals surface area contributed by atoms with Gasteiger partial charge in [-0.05, 0) is 12.5 Å². The smallest absolute Gasteiger partial charge is 0.328 e. The quantitative estimate of drug-likeness (QED) is 0.785. The van der Waals surface area contributed by atoms with Crippen molar-refractivity contribution >= 4 is 17.4 Å². The van der Waals surface area contributed by atoms with E-state index in [1.54, 1.807) is 13.3 Å². The first-order chi connectivity index (χ1) is 9.76. The number of aromatic nitrogens is 4. The van der Waals surface area contributed by atoms with Crippen LogP contribution in [0.15, 0.2) is 17.1 Å². The number of rotatable bonds is 7. The molecule has 0 amide bonds. The molecule has 0 aliphatic heterocycles. The van der Waals surface area contributed by atoms with Crippen molar-refractivity contribution in [3.05, 3.63) is 28.5 Å². The van der Waals surface area contributed by atoms with Gasteiger partial charge in [0.2, 0.25) is 0 Å². The average Bonchev–Trinajstić information content (AvgIpc) is 2.76. The van der Waals surface area contributed by atoms with Crippen LogP contribution in [0.3, 0.4) is 0 Å². The Morgan fingerprint density at radius 1 is 1.50 bits per heavy atom. The average molecular weight is 276 g/mol. The molecule has 0 radical (unpaired) electrons. The van der Waals surface area contributed by atoms with Crippen LogP contribution in [0.25, 0.3) is 17.4 Å². The highest BCUT2D eigenvalue weighted by Crippen LogP contribution is 2.07. The Morgan fingerprint density at radius 2 is 2.35 bits per heavy atom. The molecule has 0 aromatic carbocycles. The molecule has 2 aromatic rings. The molecule has 0 unspecified atom stereocenters. The number of fused-ring (bicyclic) bond motifs is 1. The molecular weight excluding hydrogens is 256 g/mol. The van der Waals surface area contributed by atoms with Gasteiger partial charge in [0, 0.05) is 7.11 Å². The van der Waals surface area contributed by atoms with Gasteiger partial charge in [-0.1, -0.05) is 25.8 Å². The highest BCUT2D eigenvalue weighted by molar-refractivity contribution is 5.67. The van der Waals surface area contributed by atoms with Crippen LogP contribution in [0.4, 0.5) is 0 Å². The number of hydrogen-bond acceptors (Lipinski definition) is 4. The maximum atomic E-state index is 11.8. The molecule has 20 heavy (non-hydrogen) atoms. The molecule has 2 aromatic heterocycles. The second-order valence-corrected chi connectivity index (χ2v) is 4.59. The first-order valence-corrected chi connectivity index (χ1v) is 6.87. The molecule has 2 rings (SSSR count). The minimum atomic E-state index is -0.204. The third-order valence-corrected chi connectivity index (χ3v) is 3.03. The molecule has 0 saturated carbocycles. The fourth-order valence-electron chi connectivity index (χ4n) is 1.94. The summed E-state index contributed by atoms with van der Waals surface area (Å²) in [6.07, 6.45) is 9.07. The van der Waals surface area contributed by atoms with E-state index in [-0.39, 0.29) is 5.69 Å². The zero-order valence-electron chi connectivity index (χ0n) is 11.9. The number of H-pyrrole nitrogens is 1. The van der Waals surface area contributed by atoms with Gasteiger partial charge in [-0.3, -0.25) is 9.55 Å². The summed E-state index contributed by atoms with van der Waals surface area (Å²) in [5.41, 5.74) is 1.64. The van der Waals surface area contributed by atoms with Crippen molar-refractivity contribution in [3.8, 4) is 0 Å². The number of nitrogens with one attached hydrogen (secondary N) is 1. The van der Waals surface area contributed by atoms with Crippen LogP contribution in [-0.4, -0.2) is 33.2 Å². The van der Waals surface area contributed by atoms with Crippen LogP contribution in [0.5, 0.6) is 0 Å². The fourth-order valence-corrected chi connectivity index (χ4v) is 1.94. The van der Waals surface area contributed by atoms with Gasteiger partial charge in [-0.15, -0.1) is 0 Å². The predicted octanol–water partition coefficient (Wildman–Crippen LogP) is 1.97. The van der Waals surface area contributed by atoms with Crippen molar-refractivity contribution in [2.75, 3.05) is 13.7 Å². The van der Waals surface area contributed by atoms with Crippen molar-refractivity contribution in [3.63, 3.8) is 0 Å². The highest BCUT2D eigenvalue weighted by Gasteiger charge is 2.08. The van der Waals surface area contributed by atoms with Gasteiger partial charge in [0.15, 0.2) is 11.3 Å². The zero-order valence-corrected chi connectivity index (χ0v) is 11.9. The Morgan fingerprint density at radius 3 is 3.10 bits per heavy atom. The summed E-state index contributed by atoms with van der Waals surface area (Å²) < 4.78 is 6.52. The molecule has 0 saturated heterocycles. The second kappa shape index (κ2) is 7.00. The van der Waals surface area contributed by atoms with Crippen molar-refractivity contribution in [1.29, 1.82) is 0 Å². The molecule has 0 bridgehead atoms. The Labute approximate surface area is 117 Å². The number of hydrogen-bond donors (Lipinski definition) is 1. The van der Waals surface area contributed by atoms with E-state index < -0.39 is 0 Å². The predicted molar refractivity (Wildman–Crippen MR) is 78.6 cm³/mol. The van der Waals surface area contributed by atoms with Crippen LogP contribution < -0.4 is 5.69 Å². The summed E-state index contributed by atoms with van der Waals surface area (Å²) in [6.45, 7) is 3.09. The first-order valence-electron chi connectivity index (χ1n) is 6.87. The summed E-state index contributed by atoms with van der Waals surface area (Å²) in [6, 6.07) is 0. The van der Waals surface area contributed by atoms with Gasteiger partial charge >= 0.3 is 5.69 Å². The van der Waals surface area contributed by atoms with E-state index in [1.807, 2.05) is 6.08 Å². The second-order valence-electron chi connectivity index (χ2n) is 4.59. The van der Waals surface area contributed by atoms with Crippen LogP contribution in [0.1, 0.15) is 31.9 Å². The summed E-state index contributed by atoms with van der Waals surface area (Å²) in [5.74, 6) is 0. The Bertz CT molecular complexity index is 642. The van der Waals surface area contributed by atoms with Crippen LogP contribution in [0, 0.1) is 0 Å². The Hall–Kier alpha value is -1.95. The Kier molecular flexibility index (Phi) is 5.06. The van der Waals surface area contributed by atoms with E-state index in [0.717, 1.165) is 18.5 Å². The molecule has 6 heteroatoms. The number of methoxy groups -OCH3 is 1. The van der Waals surface area contributed by atoms with Crippen LogP contribution >= 0.6 is 0 Å². The molecule has 0 atom stereocenters. The van der Waals surface area contributed by atoms with E-state index >= 15 is 0 Å². The summed E-state index contributed by atoms with van der Waals surface area (Å²) in [7, 11) is 1.60. The van der Waals surface area contributed by atoms with Gasteiger partial charge in [0.25, 0.3) is 0 Å². The lowest BCUT2D eigenvalue weighted by Gasteiger charge is -2.00. The largest absolute Gasteiger partial charge is 0.383 e. The molecule has 0 fully saturated rings. The van der Waals surface area contributed by atoms with Gasteiger partial charge in [0.1, 0.15) is 0 Å². The monoisotopic (exact) mass is 276 g/mol. The van der Waals surface area contributed by atoms with Crippen molar-refractivity contribution in [2.24, 2.45) is 0 Å². The molecule has 1 N–H and O–H groups in total. The summed E-state index contributed by atoms with van der Waals surface area (Å²) >= 11 is 0. The summed E-state index contributed by atoms with van der Waals surface area (Å²) in [4.78, 5) is 23.2. The lowest BCUT2D eigenvalue weighted by atomic mass is 10.2. The number of ether oxygens (including phenoxy) is 1. The molecule has 108 valence electrons. The van der Waals surface area contributed by atoms with Crippen LogP contribution in [0.2, 0.25) is 0 Å². The maximum absolute atomic E-state index is 11.8. The van der Waals surface area contributed by atoms with Gasteiger partial charge in [-0.2, -0.15) is 0 Å². The molecule has 2 heterocycles. The minimum absolute atomic E-state index is 0.204. The lowest BCUT2D eigenvalue weighted by Crippen LogP contribution is -2.19. The maximum Gasteiger partial charge on any atom is 0.328 e.